The van der Waals surface area contributed by atoms with E-state index in [0.717, 1.165) is 18.4 Å². The Bertz CT molecular complexity index is 604. The molecule has 104 valence electrons. The molecule has 2 unspecified atom stereocenters. The maximum atomic E-state index is 13.8. The Labute approximate surface area is 117 Å². The van der Waals surface area contributed by atoms with E-state index in [4.69, 9.17) is 0 Å². The molecule has 2 aromatic rings. The minimum Gasteiger partial charge on any atom is -0.373 e. The quantitative estimate of drug-likeness (QED) is 0.810. The highest BCUT2D eigenvalue weighted by molar-refractivity contribution is 5.50. The molecule has 1 aliphatic rings. The number of anilines is 1. The van der Waals surface area contributed by atoms with E-state index >= 15 is 0 Å². The molecule has 0 aliphatic heterocycles. The standard InChI is InChI=1S/C17H17F2N/c1-11-9-10-16(13-6-3-2-5-12(11)13)20-17-14(18)7-4-8-15(17)19/h2-8,11,16,20H,9-10H2,1H3. The monoisotopic (exact) mass is 273 g/mol. The van der Waals surface area contributed by atoms with Crippen molar-refractivity contribution in [2.45, 2.75) is 31.7 Å². The van der Waals surface area contributed by atoms with Crippen LogP contribution in [-0.4, -0.2) is 0 Å². The van der Waals surface area contributed by atoms with Gasteiger partial charge in [-0.3, -0.25) is 0 Å². The summed E-state index contributed by atoms with van der Waals surface area (Å²) >= 11 is 0. The van der Waals surface area contributed by atoms with Crippen molar-refractivity contribution in [2.24, 2.45) is 0 Å². The predicted octanol–water partition coefficient (Wildman–Crippen LogP) is 5.02. The van der Waals surface area contributed by atoms with Crippen molar-refractivity contribution in [1.82, 2.24) is 0 Å². The van der Waals surface area contributed by atoms with Gasteiger partial charge in [-0.1, -0.05) is 37.3 Å². The zero-order chi connectivity index (χ0) is 14.1. The van der Waals surface area contributed by atoms with Gasteiger partial charge in [0.15, 0.2) is 0 Å². The summed E-state index contributed by atoms with van der Waals surface area (Å²) in [6.45, 7) is 2.19. The largest absolute Gasteiger partial charge is 0.373 e. The van der Waals surface area contributed by atoms with Gasteiger partial charge in [-0.25, -0.2) is 8.78 Å². The topological polar surface area (TPSA) is 12.0 Å². The molecular weight excluding hydrogens is 256 g/mol. The van der Waals surface area contributed by atoms with Crippen molar-refractivity contribution in [3.05, 3.63) is 65.2 Å². The van der Waals surface area contributed by atoms with Gasteiger partial charge < -0.3 is 5.32 Å². The van der Waals surface area contributed by atoms with E-state index in [-0.39, 0.29) is 11.7 Å². The van der Waals surface area contributed by atoms with Crippen molar-refractivity contribution < 1.29 is 8.78 Å². The van der Waals surface area contributed by atoms with Crippen LogP contribution in [0.3, 0.4) is 0 Å². The zero-order valence-electron chi connectivity index (χ0n) is 11.4. The molecule has 2 atom stereocenters. The number of para-hydroxylation sites is 1. The summed E-state index contributed by atoms with van der Waals surface area (Å²) in [6, 6.07) is 12.0. The van der Waals surface area contributed by atoms with Crippen molar-refractivity contribution >= 4 is 5.69 Å². The molecule has 0 aromatic heterocycles. The predicted molar refractivity (Wildman–Crippen MR) is 76.8 cm³/mol. The molecule has 0 amide bonds. The Morgan fingerprint density at radius 1 is 0.900 bits per heavy atom. The molecule has 1 nitrogen and oxygen atoms in total. The summed E-state index contributed by atoms with van der Waals surface area (Å²) in [5.41, 5.74) is 2.39. The number of benzene rings is 2. The summed E-state index contributed by atoms with van der Waals surface area (Å²) in [6.07, 6.45) is 1.90. The van der Waals surface area contributed by atoms with Crippen molar-refractivity contribution in [3.8, 4) is 0 Å². The maximum Gasteiger partial charge on any atom is 0.149 e. The second-order valence-electron chi connectivity index (χ2n) is 5.40. The van der Waals surface area contributed by atoms with Crippen molar-refractivity contribution in [1.29, 1.82) is 0 Å². The molecule has 0 heterocycles. The van der Waals surface area contributed by atoms with Crippen LogP contribution in [0, 0.1) is 11.6 Å². The number of hydrogen-bond donors (Lipinski definition) is 1. The molecule has 3 rings (SSSR count). The maximum absolute atomic E-state index is 13.8. The molecule has 0 radical (unpaired) electrons. The molecule has 0 fully saturated rings. The molecule has 0 bridgehead atoms. The Balaban J connectivity index is 1.95. The lowest BCUT2D eigenvalue weighted by atomic mass is 9.81. The van der Waals surface area contributed by atoms with Gasteiger partial charge in [-0.15, -0.1) is 0 Å². The fraction of sp³-hybridized carbons (Fsp3) is 0.294. The van der Waals surface area contributed by atoms with E-state index in [9.17, 15) is 8.78 Å². The first-order chi connectivity index (χ1) is 9.66. The van der Waals surface area contributed by atoms with E-state index in [0.29, 0.717) is 5.92 Å². The van der Waals surface area contributed by atoms with Crippen molar-refractivity contribution in [2.75, 3.05) is 5.32 Å². The number of fused-ring (bicyclic) bond motifs is 1. The van der Waals surface area contributed by atoms with Crippen LogP contribution in [0.4, 0.5) is 14.5 Å². The normalized spacial score (nSPS) is 21.4. The van der Waals surface area contributed by atoms with Gasteiger partial charge in [0.25, 0.3) is 0 Å². The van der Waals surface area contributed by atoms with Gasteiger partial charge in [-0.05, 0) is 42.0 Å². The second kappa shape index (κ2) is 5.23. The fourth-order valence-electron chi connectivity index (χ4n) is 2.96. The lowest BCUT2D eigenvalue weighted by Crippen LogP contribution is -2.20. The third-order valence-corrected chi connectivity index (χ3v) is 4.07. The molecule has 3 heteroatoms. The highest BCUT2D eigenvalue weighted by Crippen LogP contribution is 2.39. The average molecular weight is 273 g/mol. The van der Waals surface area contributed by atoms with Crippen LogP contribution in [0.2, 0.25) is 0 Å². The average Bonchev–Trinajstić information content (AvgIpc) is 2.46. The first-order valence-corrected chi connectivity index (χ1v) is 6.96. The van der Waals surface area contributed by atoms with Crippen LogP contribution in [0.1, 0.15) is 42.9 Å². The summed E-state index contributed by atoms with van der Waals surface area (Å²) in [4.78, 5) is 0. The molecule has 1 aliphatic carbocycles. The fourth-order valence-corrected chi connectivity index (χ4v) is 2.96. The summed E-state index contributed by atoms with van der Waals surface area (Å²) < 4.78 is 27.5. The molecule has 0 saturated carbocycles. The first kappa shape index (κ1) is 13.1. The third-order valence-electron chi connectivity index (χ3n) is 4.07. The highest BCUT2D eigenvalue weighted by Gasteiger charge is 2.25. The minimum atomic E-state index is -0.541. The molecule has 1 N–H and O–H groups in total. The van der Waals surface area contributed by atoms with Gasteiger partial charge in [0.05, 0.1) is 6.04 Å². The van der Waals surface area contributed by atoms with Crippen LogP contribution >= 0.6 is 0 Å². The van der Waals surface area contributed by atoms with Gasteiger partial charge in [-0.2, -0.15) is 0 Å². The van der Waals surface area contributed by atoms with Crippen LogP contribution < -0.4 is 5.32 Å². The SMILES string of the molecule is CC1CCC(Nc2c(F)cccc2F)c2ccccc21. The van der Waals surface area contributed by atoms with Gasteiger partial charge in [0, 0.05) is 0 Å². The van der Waals surface area contributed by atoms with Crippen molar-refractivity contribution in [3.63, 3.8) is 0 Å². The summed E-state index contributed by atoms with van der Waals surface area (Å²) in [7, 11) is 0. The van der Waals surface area contributed by atoms with E-state index in [1.165, 1.54) is 23.8 Å². The number of nitrogens with one attached hydrogen (secondary N) is 1. The van der Waals surface area contributed by atoms with Crippen LogP contribution in [0.25, 0.3) is 0 Å². The first-order valence-electron chi connectivity index (χ1n) is 6.96. The number of halogens is 2. The molecule has 2 aromatic carbocycles. The molecular formula is C17H17F2N. The second-order valence-corrected chi connectivity index (χ2v) is 5.40. The van der Waals surface area contributed by atoms with E-state index in [1.54, 1.807) is 0 Å². The number of hydrogen-bond acceptors (Lipinski definition) is 1. The van der Waals surface area contributed by atoms with E-state index in [1.807, 2.05) is 18.2 Å². The highest BCUT2D eigenvalue weighted by atomic mass is 19.1. The Morgan fingerprint density at radius 3 is 2.25 bits per heavy atom. The molecule has 0 spiro atoms. The molecule has 20 heavy (non-hydrogen) atoms. The summed E-state index contributed by atoms with van der Waals surface area (Å²) in [5.74, 6) is -0.586. The molecule has 0 saturated heterocycles. The van der Waals surface area contributed by atoms with Crippen LogP contribution in [0.15, 0.2) is 42.5 Å². The van der Waals surface area contributed by atoms with Gasteiger partial charge in [0.2, 0.25) is 0 Å². The van der Waals surface area contributed by atoms with Crippen LogP contribution in [0.5, 0.6) is 0 Å². The Morgan fingerprint density at radius 2 is 1.55 bits per heavy atom. The zero-order valence-corrected chi connectivity index (χ0v) is 11.4. The lowest BCUT2D eigenvalue weighted by molar-refractivity contribution is 0.523. The van der Waals surface area contributed by atoms with E-state index in [2.05, 4.69) is 18.3 Å². The minimum absolute atomic E-state index is 0.0261. The lowest BCUT2D eigenvalue weighted by Gasteiger charge is -2.31. The third kappa shape index (κ3) is 2.28. The summed E-state index contributed by atoms with van der Waals surface area (Å²) in [5, 5.41) is 3.04. The van der Waals surface area contributed by atoms with Crippen LogP contribution in [-0.2, 0) is 0 Å². The number of rotatable bonds is 2. The smallest absolute Gasteiger partial charge is 0.149 e. The van der Waals surface area contributed by atoms with E-state index < -0.39 is 11.6 Å². The van der Waals surface area contributed by atoms with Gasteiger partial charge in [0.1, 0.15) is 17.3 Å². The Kier molecular flexibility index (Phi) is 3.43. The Hall–Kier alpha value is -1.90. The van der Waals surface area contributed by atoms with Gasteiger partial charge >= 0.3 is 0 Å².